The molecule has 3 rings (SSSR count). The van der Waals surface area contributed by atoms with Crippen LogP contribution in [0.3, 0.4) is 0 Å². The van der Waals surface area contributed by atoms with Gasteiger partial charge >= 0.3 is 0 Å². The highest BCUT2D eigenvalue weighted by Gasteiger charge is 2.28. The number of benzene rings is 3. The maximum Gasteiger partial charge on any atom is 0.264 e. The van der Waals surface area contributed by atoms with Gasteiger partial charge < -0.3 is 14.6 Å². The number of aliphatic hydroxyl groups is 1. The average Bonchev–Trinajstić information content (AvgIpc) is 2.88. The lowest BCUT2D eigenvalue weighted by molar-refractivity contribution is 0.00875. The van der Waals surface area contributed by atoms with E-state index in [0.29, 0.717) is 12.1 Å². The van der Waals surface area contributed by atoms with Crippen molar-refractivity contribution in [2.45, 2.75) is 56.9 Å². The molecule has 0 aromatic heterocycles. The number of methoxy groups -OCH3 is 1. The number of hydrogen-bond donors (Lipinski definition) is 2. The summed E-state index contributed by atoms with van der Waals surface area (Å²) in [4.78, 5) is 0.155. The van der Waals surface area contributed by atoms with Crippen LogP contribution in [0.15, 0.2) is 71.6 Å². The summed E-state index contributed by atoms with van der Waals surface area (Å²) in [6.07, 6.45) is -1.08. The molecule has 0 bridgehead atoms. The molecule has 9 heteroatoms. The molecular weight excluding hydrogens is 502 g/mol. The minimum Gasteiger partial charge on any atom is -0.497 e. The second-order valence-electron chi connectivity index (χ2n) is 9.91. The number of aliphatic hydroxyl groups excluding tert-OH is 1. The molecule has 8 nitrogen and oxygen atoms in total. The average molecular weight is 538 g/mol. The van der Waals surface area contributed by atoms with Gasteiger partial charge in [0.1, 0.15) is 23.7 Å². The van der Waals surface area contributed by atoms with Gasteiger partial charge in [0.25, 0.3) is 10.0 Å². The number of nitrogens with one attached hydrogen (secondary N) is 1. The number of hydrogen-bond acceptors (Lipinski definition) is 7. The molecule has 0 spiro atoms. The normalized spacial score (nSPS) is 13.3. The highest BCUT2D eigenvalue weighted by atomic mass is 32.2. The Morgan fingerprint density at radius 1 is 1.08 bits per heavy atom. The smallest absolute Gasteiger partial charge is 0.264 e. The molecule has 0 radical (unpaired) electrons. The van der Waals surface area contributed by atoms with E-state index in [9.17, 15) is 18.8 Å². The van der Waals surface area contributed by atoms with Gasteiger partial charge in [0.05, 0.1) is 23.3 Å². The fourth-order valence-corrected chi connectivity index (χ4v) is 5.17. The zero-order valence-corrected chi connectivity index (χ0v) is 23.4. The Morgan fingerprint density at radius 3 is 2.26 bits per heavy atom. The number of nitrogens with zero attached hydrogens (tertiary/aromatic N) is 2. The minimum atomic E-state index is -3.82. The Kier molecular flexibility index (Phi) is 9.05. The standard InChI is InChI=1S/C29H35N3O5S/c1-20-7-14-26(15-8-20)38(34,35)32(5)24-11-16-27(23(17-24)19-30)37-28(21(2)33)31-29(3,4)18-22-9-12-25(36-6)13-10-22/h7-17,21,28,31,33H,18H2,1-6H3. The molecule has 2 atom stereocenters. The Morgan fingerprint density at radius 2 is 1.71 bits per heavy atom. The fraction of sp³-hybridized carbons (Fsp3) is 0.345. The van der Waals surface area contributed by atoms with Crippen LogP contribution in [0.1, 0.15) is 37.5 Å². The molecule has 0 saturated heterocycles. The van der Waals surface area contributed by atoms with Gasteiger partial charge in [0.2, 0.25) is 0 Å². The third-order valence-corrected chi connectivity index (χ3v) is 7.96. The maximum absolute atomic E-state index is 13.1. The lowest BCUT2D eigenvalue weighted by Gasteiger charge is -2.34. The lowest BCUT2D eigenvalue weighted by Crippen LogP contribution is -2.54. The summed E-state index contributed by atoms with van der Waals surface area (Å²) in [6, 6.07) is 21.0. The third-order valence-electron chi connectivity index (χ3n) is 6.16. The molecule has 0 aliphatic heterocycles. The number of sulfonamides is 1. The molecule has 0 aliphatic rings. The number of aryl methyl sites for hydroxylation is 1. The van der Waals surface area contributed by atoms with Gasteiger partial charge in [-0.15, -0.1) is 0 Å². The van der Waals surface area contributed by atoms with Gasteiger partial charge in [-0.3, -0.25) is 9.62 Å². The van der Waals surface area contributed by atoms with Gasteiger partial charge in [0, 0.05) is 12.6 Å². The van der Waals surface area contributed by atoms with Crippen LogP contribution >= 0.6 is 0 Å². The molecular formula is C29H35N3O5S. The van der Waals surface area contributed by atoms with E-state index in [-0.39, 0.29) is 16.2 Å². The second-order valence-corrected chi connectivity index (χ2v) is 11.9. The SMILES string of the molecule is COc1ccc(CC(C)(C)NC(Oc2ccc(N(C)S(=O)(=O)c3ccc(C)cc3)cc2C#N)C(C)O)cc1. The molecule has 3 aromatic rings. The van der Waals surface area contributed by atoms with Crippen LogP contribution in [0.2, 0.25) is 0 Å². The highest BCUT2D eigenvalue weighted by Crippen LogP contribution is 2.29. The molecule has 0 aliphatic carbocycles. The van der Waals surface area contributed by atoms with Gasteiger partial charge in [-0.2, -0.15) is 5.26 Å². The van der Waals surface area contributed by atoms with Crippen LogP contribution in [-0.2, 0) is 16.4 Å². The Hall–Kier alpha value is -3.58. The van der Waals surface area contributed by atoms with Crippen molar-refractivity contribution >= 4 is 15.7 Å². The maximum atomic E-state index is 13.1. The van der Waals surface area contributed by atoms with Crippen molar-refractivity contribution in [3.63, 3.8) is 0 Å². The van der Waals surface area contributed by atoms with E-state index in [1.54, 1.807) is 50.4 Å². The summed E-state index contributed by atoms with van der Waals surface area (Å²) in [5, 5.41) is 23.6. The zero-order chi connectivity index (χ0) is 28.1. The van der Waals surface area contributed by atoms with Crippen LogP contribution in [-0.4, -0.2) is 45.6 Å². The third kappa shape index (κ3) is 7.04. The van der Waals surface area contributed by atoms with Crippen molar-refractivity contribution < 1.29 is 23.0 Å². The van der Waals surface area contributed by atoms with Crippen molar-refractivity contribution in [3.8, 4) is 17.6 Å². The van der Waals surface area contributed by atoms with E-state index in [1.807, 2.05) is 45.0 Å². The van der Waals surface area contributed by atoms with Gasteiger partial charge in [-0.05, 0) is 82.1 Å². The molecule has 3 aromatic carbocycles. The van der Waals surface area contributed by atoms with Crippen LogP contribution in [0.25, 0.3) is 0 Å². The van der Waals surface area contributed by atoms with Crippen molar-refractivity contribution in [3.05, 3.63) is 83.4 Å². The number of nitriles is 1. The molecule has 38 heavy (non-hydrogen) atoms. The van der Waals surface area contributed by atoms with E-state index in [0.717, 1.165) is 21.2 Å². The Bertz CT molecular complexity index is 1380. The number of rotatable bonds is 11. The largest absolute Gasteiger partial charge is 0.497 e. The first kappa shape index (κ1) is 29.0. The van der Waals surface area contributed by atoms with E-state index in [4.69, 9.17) is 9.47 Å². The quantitative estimate of drug-likeness (QED) is 0.349. The predicted octanol–water partition coefficient (Wildman–Crippen LogP) is 4.40. The summed E-state index contributed by atoms with van der Waals surface area (Å²) in [7, 11) is -0.761. The summed E-state index contributed by atoms with van der Waals surface area (Å²) in [5.74, 6) is 1.01. The van der Waals surface area contributed by atoms with E-state index < -0.39 is 27.9 Å². The molecule has 0 amide bonds. The van der Waals surface area contributed by atoms with E-state index in [2.05, 4.69) is 11.4 Å². The molecule has 2 unspecified atom stereocenters. The number of anilines is 1. The predicted molar refractivity (Wildman–Crippen MR) is 148 cm³/mol. The van der Waals surface area contributed by atoms with Crippen LogP contribution in [0.4, 0.5) is 5.69 Å². The Balaban J connectivity index is 1.80. The van der Waals surface area contributed by atoms with Crippen LogP contribution < -0.4 is 19.1 Å². The van der Waals surface area contributed by atoms with Crippen molar-refractivity contribution in [1.82, 2.24) is 5.32 Å². The summed E-state index contributed by atoms with van der Waals surface area (Å²) < 4.78 is 38.6. The zero-order valence-electron chi connectivity index (χ0n) is 22.6. The topological polar surface area (TPSA) is 112 Å². The highest BCUT2D eigenvalue weighted by molar-refractivity contribution is 7.92. The van der Waals surface area contributed by atoms with Gasteiger partial charge in [0.15, 0.2) is 6.23 Å². The molecule has 202 valence electrons. The van der Waals surface area contributed by atoms with E-state index in [1.165, 1.54) is 13.1 Å². The first-order chi connectivity index (χ1) is 17.9. The van der Waals surface area contributed by atoms with Crippen molar-refractivity contribution in [2.75, 3.05) is 18.5 Å². The first-order valence-electron chi connectivity index (χ1n) is 12.2. The Labute approximate surface area is 225 Å². The van der Waals surface area contributed by atoms with Gasteiger partial charge in [-0.1, -0.05) is 29.8 Å². The molecule has 0 saturated carbocycles. The molecule has 0 fully saturated rings. The second kappa shape index (κ2) is 11.9. The monoisotopic (exact) mass is 537 g/mol. The summed E-state index contributed by atoms with van der Waals surface area (Å²) >= 11 is 0. The van der Waals surface area contributed by atoms with Gasteiger partial charge in [-0.25, -0.2) is 8.42 Å². The molecule has 0 heterocycles. The van der Waals surface area contributed by atoms with Crippen molar-refractivity contribution in [1.29, 1.82) is 5.26 Å². The van der Waals surface area contributed by atoms with Crippen LogP contribution in [0.5, 0.6) is 11.5 Å². The van der Waals surface area contributed by atoms with Crippen molar-refractivity contribution in [2.24, 2.45) is 0 Å². The lowest BCUT2D eigenvalue weighted by atomic mass is 9.94. The fourth-order valence-electron chi connectivity index (χ4n) is 3.99. The first-order valence-corrected chi connectivity index (χ1v) is 13.7. The van der Waals surface area contributed by atoms with Crippen LogP contribution in [0, 0.1) is 18.3 Å². The van der Waals surface area contributed by atoms with E-state index >= 15 is 0 Å². The summed E-state index contributed by atoms with van der Waals surface area (Å²) in [6.45, 7) is 7.47. The minimum absolute atomic E-state index is 0.147. The molecule has 2 N–H and O–H groups in total. The number of ether oxygens (including phenoxy) is 2. The summed E-state index contributed by atoms with van der Waals surface area (Å²) in [5.41, 5.74) is 2.02.